The molecule has 1 atom stereocenters. The van der Waals surface area contributed by atoms with E-state index in [2.05, 4.69) is 25.5 Å². The van der Waals surface area contributed by atoms with Crippen LogP contribution in [0.15, 0.2) is 70.4 Å². The molecule has 3 heterocycles. The van der Waals surface area contributed by atoms with Crippen LogP contribution in [0.1, 0.15) is 31.9 Å². The summed E-state index contributed by atoms with van der Waals surface area (Å²) >= 11 is 0. The minimum Gasteiger partial charge on any atom is -0.324 e. The number of nitrogens with zero attached hydrogens (tertiary/aromatic N) is 4. The molecule has 0 bridgehead atoms. The van der Waals surface area contributed by atoms with Gasteiger partial charge in [0.15, 0.2) is 5.65 Å². The number of para-hydroxylation sites is 1. The van der Waals surface area contributed by atoms with Gasteiger partial charge < -0.3 is 4.90 Å². The highest BCUT2D eigenvalue weighted by atomic mass is 32.2. The zero-order valence-electron chi connectivity index (χ0n) is 21.9. The lowest BCUT2D eigenvalue weighted by atomic mass is 9.97. The van der Waals surface area contributed by atoms with E-state index in [4.69, 9.17) is 4.98 Å². The summed E-state index contributed by atoms with van der Waals surface area (Å²) in [5.41, 5.74) is 4.25. The Labute approximate surface area is 217 Å². The van der Waals surface area contributed by atoms with Gasteiger partial charge in [-0.3, -0.25) is 9.13 Å². The van der Waals surface area contributed by atoms with Crippen molar-refractivity contribution in [3.8, 4) is 0 Å². The number of pyridine rings is 1. The summed E-state index contributed by atoms with van der Waals surface area (Å²) in [6.45, 7) is 9.22. The number of rotatable bonds is 5. The van der Waals surface area contributed by atoms with Crippen molar-refractivity contribution >= 4 is 32.7 Å². The molecule has 0 amide bonds. The highest BCUT2D eigenvalue weighted by Gasteiger charge is 2.30. The van der Waals surface area contributed by atoms with Gasteiger partial charge in [-0.25, -0.2) is 22.9 Å². The second-order valence-corrected chi connectivity index (χ2v) is 12.8. The first-order chi connectivity index (χ1) is 17.4. The number of hydrogen-bond donors (Lipinski definition) is 1. The molecule has 0 fully saturated rings. The van der Waals surface area contributed by atoms with Crippen molar-refractivity contribution in [2.24, 2.45) is 12.5 Å². The monoisotopic (exact) mass is 519 g/mol. The van der Waals surface area contributed by atoms with Crippen LogP contribution in [0.2, 0.25) is 0 Å². The number of nitrogens with one attached hydrogen (secondary N) is 1. The molecule has 2 aromatic carbocycles. The van der Waals surface area contributed by atoms with Crippen LogP contribution in [0.4, 0.5) is 11.5 Å². The Morgan fingerprint density at radius 3 is 2.43 bits per heavy atom. The molecule has 1 aliphatic rings. The third-order valence-corrected chi connectivity index (χ3v) is 8.22. The molecule has 1 aliphatic heterocycles. The van der Waals surface area contributed by atoms with Crippen molar-refractivity contribution in [1.82, 2.24) is 18.8 Å². The van der Waals surface area contributed by atoms with Crippen LogP contribution < -0.4 is 15.3 Å². The van der Waals surface area contributed by atoms with Crippen molar-refractivity contribution in [3.63, 3.8) is 0 Å². The van der Waals surface area contributed by atoms with Crippen molar-refractivity contribution in [2.75, 3.05) is 11.4 Å². The predicted molar refractivity (Wildman–Crippen MR) is 147 cm³/mol. The van der Waals surface area contributed by atoms with Crippen LogP contribution in [0.5, 0.6) is 0 Å². The molecule has 2 aromatic heterocycles. The molecule has 0 spiro atoms. The SMILES string of the molecule is Cc1ccc(S(=O)(=O)NC2Cc3ccccc3N(c3ccc4c(n3)n(C)c(=O)n4CC(C)(C)C)C2)cc1. The summed E-state index contributed by atoms with van der Waals surface area (Å²) in [6, 6.07) is 18.3. The lowest BCUT2D eigenvalue weighted by Gasteiger charge is -2.35. The zero-order valence-corrected chi connectivity index (χ0v) is 22.7. The Bertz CT molecular complexity index is 1630. The number of anilines is 2. The summed E-state index contributed by atoms with van der Waals surface area (Å²) in [6.07, 6.45) is 0.570. The lowest BCUT2D eigenvalue weighted by Crippen LogP contribution is -2.46. The molecule has 0 aliphatic carbocycles. The largest absolute Gasteiger partial charge is 0.330 e. The average Bonchev–Trinajstić information content (AvgIpc) is 3.06. The van der Waals surface area contributed by atoms with Crippen LogP contribution in [-0.4, -0.2) is 35.1 Å². The summed E-state index contributed by atoms with van der Waals surface area (Å²) in [4.78, 5) is 20.2. The molecule has 0 radical (unpaired) electrons. The molecule has 8 nitrogen and oxygen atoms in total. The lowest BCUT2D eigenvalue weighted by molar-refractivity contribution is 0.342. The number of sulfonamides is 1. The van der Waals surface area contributed by atoms with Gasteiger partial charge >= 0.3 is 5.69 Å². The maximum Gasteiger partial charge on any atom is 0.330 e. The average molecular weight is 520 g/mol. The fourth-order valence-corrected chi connectivity index (χ4v) is 6.16. The number of aromatic nitrogens is 3. The minimum absolute atomic E-state index is 0.0651. The fourth-order valence-electron chi connectivity index (χ4n) is 4.94. The molecule has 0 saturated carbocycles. The van der Waals surface area contributed by atoms with E-state index < -0.39 is 10.0 Å². The van der Waals surface area contributed by atoms with Crippen LogP contribution in [0.3, 0.4) is 0 Å². The van der Waals surface area contributed by atoms with Gasteiger partial charge in [0, 0.05) is 31.9 Å². The van der Waals surface area contributed by atoms with Crippen LogP contribution in [0, 0.1) is 12.3 Å². The van der Waals surface area contributed by atoms with E-state index in [0.29, 0.717) is 31.0 Å². The standard InChI is InChI=1S/C28H33N5O3S/c1-19-10-12-22(13-11-19)37(35,36)30-21-16-20-8-6-7-9-23(20)32(17-21)25-15-14-24-26(29-25)31(5)27(34)33(24)18-28(2,3)4/h6-15,21,30H,16-18H2,1-5H3. The molecule has 9 heteroatoms. The van der Waals surface area contributed by atoms with Gasteiger partial charge in [0.05, 0.1) is 10.4 Å². The van der Waals surface area contributed by atoms with Crippen molar-refractivity contribution in [1.29, 1.82) is 0 Å². The molecular weight excluding hydrogens is 486 g/mol. The summed E-state index contributed by atoms with van der Waals surface area (Å²) in [7, 11) is -1.95. The predicted octanol–water partition coefficient (Wildman–Crippen LogP) is 4.13. The number of fused-ring (bicyclic) bond motifs is 2. The Morgan fingerprint density at radius 2 is 1.73 bits per heavy atom. The van der Waals surface area contributed by atoms with E-state index >= 15 is 0 Å². The first-order valence-electron chi connectivity index (χ1n) is 12.4. The Balaban J connectivity index is 1.52. The van der Waals surface area contributed by atoms with Gasteiger partial charge in [0.1, 0.15) is 5.82 Å². The van der Waals surface area contributed by atoms with E-state index in [1.807, 2.05) is 48.2 Å². The van der Waals surface area contributed by atoms with E-state index in [1.165, 1.54) is 0 Å². The highest BCUT2D eigenvalue weighted by molar-refractivity contribution is 7.89. The second kappa shape index (κ2) is 9.15. The maximum atomic E-state index is 13.2. The van der Waals surface area contributed by atoms with Crippen molar-refractivity contribution < 1.29 is 8.42 Å². The minimum atomic E-state index is -3.69. The van der Waals surface area contributed by atoms with E-state index in [0.717, 1.165) is 22.3 Å². The molecule has 1 N–H and O–H groups in total. The number of aryl methyl sites for hydroxylation is 2. The number of hydrogen-bond acceptors (Lipinski definition) is 5. The molecule has 37 heavy (non-hydrogen) atoms. The molecule has 4 aromatic rings. The molecule has 0 saturated heterocycles. The summed E-state index contributed by atoms with van der Waals surface area (Å²) in [5.74, 6) is 0.669. The molecule has 1 unspecified atom stereocenters. The topological polar surface area (TPSA) is 89.2 Å². The first kappa shape index (κ1) is 25.2. The van der Waals surface area contributed by atoms with Crippen molar-refractivity contribution in [3.05, 3.63) is 82.3 Å². The number of benzene rings is 2. The fraction of sp³-hybridized carbons (Fsp3) is 0.357. The summed E-state index contributed by atoms with van der Waals surface area (Å²) in [5, 5.41) is 0. The van der Waals surface area contributed by atoms with Gasteiger partial charge in [-0.15, -0.1) is 0 Å². The van der Waals surface area contributed by atoms with Gasteiger partial charge in [-0.1, -0.05) is 56.7 Å². The molecular formula is C28H33N5O3S. The Kier molecular flexibility index (Phi) is 6.24. The zero-order chi connectivity index (χ0) is 26.5. The van der Waals surface area contributed by atoms with Crippen LogP contribution >= 0.6 is 0 Å². The van der Waals surface area contributed by atoms with Crippen LogP contribution in [0.25, 0.3) is 11.2 Å². The number of imidazole rings is 1. The van der Waals surface area contributed by atoms with Gasteiger partial charge in [0.2, 0.25) is 10.0 Å². The van der Waals surface area contributed by atoms with E-state index in [-0.39, 0.29) is 22.0 Å². The normalized spacial score (nSPS) is 16.2. The van der Waals surface area contributed by atoms with Gasteiger partial charge in [0.25, 0.3) is 0 Å². The maximum absolute atomic E-state index is 13.2. The van der Waals surface area contributed by atoms with Crippen LogP contribution in [-0.2, 0) is 30.0 Å². The van der Waals surface area contributed by atoms with Gasteiger partial charge in [-0.2, -0.15) is 0 Å². The van der Waals surface area contributed by atoms with E-state index in [9.17, 15) is 13.2 Å². The van der Waals surface area contributed by atoms with Gasteiger partial charge in [-0.05, 0) is 54.7 Å². The first-order valence-corrected chi connectivity index (χ1v) is 13.9. The Morgan fingerprint density at radius 1 is 1.03 bits per heavy atom. The second-order valence-electron chi connectivity index (χ2n) is 11.1. The van der Waals surface area contributed by atoms with Crippen molar-refractivity contribution in [2.45, 2.75) is 51.6 Å². The Hall–Kier alpha value is -3.43. The molecule has 194 valence electrons. The third kappa shape index (κ3) is 4.93. The molecule has 5 rings (SSSR count). The smallest absolute Gasteiger partial charge is 0.324 e. The summed E-state index contributed by atoms with van der Waals surface area (Å²) < 4.78 is 32.6. The highest BCUT2D eigenvalue weighted by Crippen LogP contribution is 2.34. The van der Waals surface area contributed by atoms with E-state index in [1.54, 1.807) is 40.4 Å². The third-order valence-electron chi connectivity index (χ3n) is 6.68. The quantitative estimate of drug-likeness (QED) is 0.428.